The molecule has 1 unspecified atom stereocenters. The van der Waals surface area contributed by atoms with E-state index >= 15 is 0 Å². The van der Waals surface area contributed by atoms with Crippen molar-refractivity contribution >= 4 is 33.7 Å². The molecule has 1 atom stereocenters. The number of carbonyl (C=O) groups is 2. The molecule has 0 aliphatic rings. The van der Waals surface area contributed by atoms with Crippen LogP contribution in [0.1, 0.15) is 110 Å². The Hall–Kier alpha value is -0.0800. The van der Waals surface area contributed by atoms with Gasteiger partial charge in [-0.15, -0.1) is 0 Å². The van der Waals surface area contributed by atoms with Gasteiger partial charge in [0.1, 0.15) is 0 Å². The van der Waals surface area contributed by atoms with Gasteiger partial charge in [-0.05, 0) is 47.9 Å². The maximum absolute atomic E-state index is 10.9. The van der Waals surface area contributed by atoms with Crippen LogP contribution in [0.15, 0.2) is 0 Å². The molecular weight excluding hydrogens is 355 g/mol. The minimum atomic E-state index is -0.202. The van der Waals surface area contributed by atoms with Gasteiger partial charge in [-0.1, -0.05) is 84.5 Å². The topological polar surface area (TPSA) is 34.1 Å². The molecular formula is C21H38Cl2O2. The molecule has 0 saturated heterocycles. The molecule has 0 aromatic rings. The molecule has 0 amide bonds. The van der Waals surface area contributed by atoms with E-state index in [4.69, 9.17) is 23.2 Å². The van der Waals surface area contributed by atoms with E-state index in [-0.39, 0.29) is 10.5 Å². The van der Waals surface area contributed by atoms with Gasteiger partial charge >= 0.3 is 0 Å². The van der Waals surface area contributed by atoms with Crippen molar-refractivity contribution in [1.29, 1.82) is 0 Å². The van der Waals surface area contributed by atoms with Crippen molar-refractivity contribution in [2.45, 2.75) is 110 Å². The van der Waals surface area contributed by atoms with E-state index < -0.39 is 0 Å². The van der Waals surface area contributed by atoms with Crippen molar-refractivity contribution in [2.24, 2.45) is 11.8 Å². The fourth-order valence-electron chi connectivity index (χ4n) is 3.37. The van der Waals surface area contributed by atoms with Crippen molar-refractivity contribution in [2.75, 3.05) is 0 Å². The first-order valence-corrected chi connectivity index (χ1v) is 11.1. The summed E-state index contributed by atoms with van der Waals surface area (Å²) in [5, 5.41) is -0.398. The first-order valence-electron chi connectivity index (χ1n) is 10.3. The zero-order valence-electron chi connectivity index (χ0n) is 16.3. The molecule has 4 heteroatoms. The quantitative estimate of drug-likeness (QED) is 0.177. The van der Waals surface area contributed by atoms with Crippen LogP contribution in [0.4, 0.5) is 0 Å². The number of hydrogen-bond donors (Lipinski definition) is 0. The van der Waals surface area contributed by atoms with Crippen LogP contribution in [0.25, 0.3) is 0 Å². The van der Waals surface area contributed by atoms with Gasteiger partial charge in [0.2, 0.25) is 10.5 Å². The second-order valence-corrected chi connectivity index (χ2v) is 8.52. The van der Waals surface area contributed by atoms with Crippen molar-refractivity contribution in [1.82, 2.24) is 0 Å². The smallest absolute Gasteiger partial charge is 0.221 e. The van der Waals surface area contributed by atoms with Gasteiger partial charge in [0.25, 0.3) is 0 Å². The van der Waals surface area contributed by atoms with E-state index in [0.29, 0.717) is 24.7 Å². The van der Waals surface area contributed by atoms with E-state index in [1.54, 1.807) is 0 Å². The number of unbranched alkanes of at least 4 members (excludes halogenated alkanes) is 10. The van der Waals surface area contributed by atoms with Gasteiger partial charge in [-0.25, -0.2) is 0 Å². The second-order valence-electron chi connectivity index (χ2n) is 7.68. The van der Waals surface area contributed by atoms with Gasteiger partial charge in [-0.2, -0.15) is 0 Å². The molecule has 0 saturated carbocycles. The van der Waals surface area contributed by atoms with Crippen LogP contribution < -0.4 is 0 Å². The van der Waals surface area contributed by atoms with Gasteiger partial charge in [-0.3, -0.25) is 9.59 Å². The molecule has 25 heavy (non-hydrogen) atoms. The second kappa shape index (κ2) is 17.3. The van der Waals surface area contributed by atoms with Crippen LogP contribution in [0.3, 0.4) is 0 Å². The Labute approximate surface area is 165 Å². The Kier molecular flexibility index (Phi) is 17.3. The molecule has 0 heterocycles. The highest BCUT2D eigenvalue weighted by atomic mass is 35.5. The number of hydrogen-bond acceptors (Lipinski definition) is 2. The monoisotopic (exact) mass is 392 g/mol. The van der Waals surface area contributed by atoms with Crippen LogP contribution in [-0.2, 0) is 9.59 Å². The minimum Gasteiger partial charge on any atom is -0.281 e. The summed E-state index contributed by atoms with van der Waals surface area (Å²) in [5.74, 6) is 1.27. The molecule has 0 radical (unpaired) electrons. The molecule has 0 spiro atoms. The Morgan fingerprint density at radius 2 is 1.00 bits per heavy atom. The lowest BCUT2D eigenvalue weighted by Gasteiger charge is -2.20. The third-order valence-electron chi connectivity index (χ3n) is 5.10. The Bertz CT molecular complexity index is 343. The summed E-state index contributed by atoms with van der Waals surface area (Å²) in [7, 11) is 0. The zero-order chi connectivity index (χ0) is 18.9. The van der Waals surface area contributed by atoms with E-state index in [9.17, 15) is 9.59 Å². The third-order valence-corrected chi connectivity index (χ3v) is 5.48. The average molecular weight is 393 g/mol. The Morgan fingerprint density at radius 3 is 1.40 bits per heavy atom. The Balaban J connectivity index is 3.36. The Morgan fingerprint density at radius 1 is 0.600 bits per heavy atom. The largest absolute Gasteiger partial charge is 0.281 e. The highest BCUT2D eigenvalue weighted by molar-refractivity contribution is 6.63. The summed E-state index contributed by atoms with van der Waals surface area (Å²) in [5.41, 5.74) is 0. The molecule has 0 aliphatic heterocycles. The fraction of sp³-hybridized carbons (Fsp3) is 0.905. The third kappa shape index (κ3) is 18.5. The maximum Gasteiger partial charge on any atom is 0.221 e. The van der Waals surface area contributed by atoms with Gasteiger partial charge < -0.3 is 0 Å². The molecule has 0 N–H and O–H groups in total. The van der Waals surface area contributed by atoms with Gasteiger partial charge in [0.05, 0.1) is 0 Å². The van der Waals surface area contributed by atoms with Crippen molar-refractivity contribution < 1.29 is 9.59 Å². The number of halogens is 2. The number of rotatable bonds is 18. The van der Waals surface area contributed by atoms with Crippen molar-refractivity contribution in [3.05, 3.63) is 0 Å². The maximum atomic E-state index is 10.9. The first-order chi connectivity index (χ1) is 11.9. The average Bonchev–Trinajstić information content (AvgIpc) is 2.53. The van der Waals surface area contributed by atoms with Crippen LogP contribution >= 0.6 is 23.2 Å². The normalized spacial score (nSPS) is 12.5. The molecule has 0 aliphatic carbocycles. The highest BCUT2D eigenvalue weighted by Crippen LogP contribution is 2.24. The molecule has 2 nitrogen and oxygen atoms in total. The van der Waals surface area contributed by atoms with E-state index in [1.807, 2.05) is 0 Å². The lowest BCUT2D eigenvalue weighted by Crippen LogP contribution is -2.10. The minimum absolute atomic E-state index is 0.196. The van der Waals surface area contributed by atoms with E-state index in [2.05, 4.69) is 13.8 Å². The summed E-state index contributed by atoms with van der Waals surface area (Å²) in [4.78, 5) is 21.5. The first kappa shape index (κ1) is 24.9. The molecule has 148 valence electrons. The summed E-state index contributed by atoms with van der Waals surface area (Å²) in [6, 6.07) is 0. The predicted octanol–water partition coefficient (Wildman–Crippen LogP) is 7.64. The lowest BCUT2D eigenvalue weighted by atomic mass is 9.86. The lowest BCUT2D eigenvalue weighted by molar-refractivity contribution is -0.112. The van der Waals surface area contributed by atoms with Crippen molar-refractivity contribution in [3.63, 3.8) is 0 Å². The van der Waals surface area contributed by atoms with Gasteiger partial charge in [0.15, 0.2) is 0 Å². The summed E-state index contributed by atoms with van der Waals surface area (Å²) in [6.45, 7) is 4.49. The van der Waals surface area contributed by atoms with Crippen molar-refractivity contribution in [3.8, 4) is 0 Å². The molecule has 0 rings (SSSR count). The summed E-state index contributed by atoms with van der Waals surface area (Å²) >= 11 is 10.8. The SMILES string of the molecule is CC(C)C(CCCCCCCCCCCCCC(=O)Cl)CCC(=O)Cl. The molecule has 0 aromatic heterocycles. The molecule has 0 fully saturated rings. The zero-order valence-corrected chi connectivity index (χ0v) is 17.8. The molecule has 0 aromatic carbocycles. The predicted molar refractivity (Wildman–Crippen MR) is 109 cm³/mol. The van der Waals surface area contributed by atoms with Crippen LogP contribution in [0.5, 0.6) is 0 Å². The van der Waals surface area contributed by atoms with Crippen LogP contribution in [0, 0.1) is 11.8 Å². The fourth-order valence-corrected chi connectivity index (χ4v) is 3.61. The number of carbonyl (C=O) groups excluding carboxylic acids is 2. The van der Waals surface area contributed by atoms with Crippen LogP contribution in [-0.4, -0.2) is 10.5 Å². The highest BCUT2D eigenvalue weighted by Gasteiger charge is 2.14. The van der Waals surface area contributed by atoms with Crippen LogP contribution in [0.2, 0.25) is 0 Å². The van der Waals surface area contributed by atoms with E-state index in [0.717, 1.165) is 19.3 Å². The van der Waals surface area contributed by atoms with E-state index in [1.165, 1.54) is 64.2 Å². The summed E-state index contributed by atoms with van der Waals surface area (Å²) in [6.07, 6.45) is 17.1. The molecule has 0 bridgehead atoms. The standard InChI is InChI=1S/C21H38Cl2O2/c1-18(2)19(16-17-21(23)25)14-12-10-8-6-4-3-5-7-9-11-13-15-20(22)24/h18-19H,3-17H2,1-2H3. The van der Waals surface area contributed by atoms with Gasteiger partial charge in [0, 0.05) is 12.8 Å². The summed E-state index contributed by atoms with van der Waals surface area (Å²) < 4.78 is 0.